The molecule has 0 fully saturated rings. The van der Waals surface area contributed by atoms with Gasteiger partial charge in [0.05, 0.1) is 20.3 Å². The molecular formula is C23H40O3. The fraction of sp³-hybridized carbons (Fsp3) is 0.739. The quantitative estimate of drug-likeness (QED) is 0.339. The van der Waals surface area contributed by atoms with Crippen LogP contribution < -0.4 is 14.2 Å². The maximum atomic E-state index is 6.05. The highest BCUT2D eigenvalue weighted by Gasteiger charge is 2.12. The Bertz CT molecular complexity index is 473. The summed E-state index contributed by atoms with van der Waals surface area (Å²) in [4.78, 5) is 0. The molecule has 3 heteroatoms. The van der Waals surface area contributed by atoms with Crippen molar-refractivity contribution in [3.63, 3.8) is 0 Å². The number of ether oxygens (including phenoxy) is 3. The van der Waals surface area contributed by atoms with Crippen molar-refractivity contribution in [1.29, 1.82) is 0 Å². The van der Waals surface area contributed by atoms with Gasteiger partial charge in [0.1, 0.15) is 5.75 Å². The van der Waals surface area contributed by atoms with Crippen LogP contribution in [0.4, 0.5) is 0 Å². The van der Waals surface area contributed by atoms with E-state index in [9.17, 15) is 0 Å². The third kappa shape index (κ3) is 8.33. The zero-order valence-corrected chi connectivity index (χ0v) is 17.7. The number of rotatable bonds is 15. The van der Waals surface area contributed by atoms with Crippen LogP contribution in [0, 0.1) is 11.8 Å². The van der Waals surface area contributed by atoms with Crippen LogP contribution in [0.2, 0.25) is 0 Å². The molecule has 0 saturated carbocycles. The lowest BCUT2D eigenvalue weighted by atomic mass is 10.0. The molecule has 0 radical (unpaired) electrons. The predicted molar refractivity (Wildman–Crippen MR) is 111 cm³/mol. The van der Waals surface area contributed by atoms with Gasteiger partial charge in [-0.05, 0) is 36.8 Å². The second kappa shape index (κ2) is 13.8. The molecule has 0 aromatic heterocycles. The summed E-state index contributed by atoms with van der Waals surface area (Å²) in [6.45, 7) is 10.5. The van der Waals surface area contributed by atoms with Crippen molar-refractivity contribution in [2.24, 2.45) is 11.8 Å². The first kappa shape index (κ1) is 22.7. The molecule has 0 bridgehead atoms. The van der Waals surface area contributed by atoms with Gasteiger partial charge in [-0.3, -0.25) is 0 Å². The van der Waals surface area contributed by atoms with Gasteiger partial charge in [-0.15, -0.1) is 0 Å². The molecule has 0 N–H and O–H groups in total. The normalized spacial score (nSPS) is 13.3. The lowest BCUT2D eigenvalue weighted by Gasteiger charge is -2.19. The van der Waals surface area contributed by atoms with E-state index in [0.29, 0.717) is 11.8 Å². The summed E-state index contributed by atoms with van der Waals surface area (Å²) in [6, 6.07) is 5.93. The highest BCUT2D eigenvalue weighted by Crippen LogP contribution is 2.32. The second-order valence-electron chi connectivity index (χ2n) is 7.27. The number of hydrogen-bond donors (Lipinski definition) is 0. The average molecular weight is 365 g/mol. The van der Waals surface area contributed by atoms with Crippen molar-refractivity contribution in [3.05, 3.63) is 18.2 Å². The first-order chi connectivity index (χ1) is 12.7. The Labute approximate surface area is 161 Å². The Morgan fingerprint density at radius 2 is 1.35 bits per heavy atom. The Morgan fingerprint density at radius 3 is 1.85 bits per heavy atom. The average Bonchev–Trinajstić information content (AvgIpc) is 2.68. The molecule has 0 saturated heterocycles. The van der Waals surface area contributed by atoms with Gasteiger partial charge in [-0.1, -0.05) is 66.2 Å². The molecule has 0 heterocycles. The van der Waals surface area contributed by atoms with Crippen molar-refractivity contribution < 1.29 is 14.2 Å². The Balaban J connectivity index is 2.60. The highest BCUT2D eigenvalue weighted by atomic mass is 16.5. The standard InChI is InChI=1S/C23H40O3/c1-6-10-12-19(8-3)17-25-21-14-15-22(23(16-21)24-5)26-18-20(9-4)13-11-7-2/h14-16,19-20H,6-13,17-18H2,1-5H3. The van der Waals surface area contributed by atoms with Crippen molar-refractivity contribution in [2.45, 2.75) is 79.1 Å². The predicted octanol–water partition coefficient (Wildman–Crippen LogP) is 6.89. The minimum Gasteiger partial charge on any atom is -0.493 e. The van der Waals surface area contributed by atoms with E-state index < -0.39 is 0 Å². The maximum absolute atomic E-state index is 6.05. The summed E-state index contributed by atoms with van der Waals surface area (Å²) in [5.41, 5.74) is 0. The monoisotopic (exact) mass is 364 g/mol. The lowest BCUT2D eigenvalue weighted by Crippen LogP contribution is -2.12. The molecule has 0 amide bonds. The number of benzene rings is 1. The fourth-order valence-electron chi connectivity index (χ4n) is 3.07. The second-order valence-corrected chi connectivity index (χ2v) is 7.27. The topological polar surface area (TPSA) is 27.7 Å². The van der Waals surface area contributed by atoms with Gasteiger partial charge in [0.25, 0.3) is 0 Å². The summed E-state index contributed by atoms with van der Waals surface area (Å²) in [5.74, 6) is 3.67. The van der Waals surface area contributed by atoms with E-state index in [2.05, 4.69) is 27.7 Å². The first-order valence-electron chi connectivity index (χ1n) is 10.6. The molecule has 0 aliphatic heterocycles. The Morgan fingerprint density at radius 1 is 0.769 bits per heavy atom. The van der Waals surface area contributed by atoms with Gasteiger partial charge < -0.3 is 14.2 Å². The maximum Gasteiger partial charge on any atom is 0.164 e. The van der Waals surface area contributed by atoms with Gasteiger partial charge in [0.15, 0.2) is 11.5 Å². The third-order valence-electron chi connectivity index (χ3n) is 5.18. The van der Waals surface area contributed by atoms with Crippen LogP contribution in [-0.4, -0.2) is 20.3 Å². The molecule has 3 nitrogen and oxygen atoms in total. The number of hydrogen-bond acceptors (Lipinski definition) is 3. The molecule has 2 unspecified atom stereocenters. The van der Waals surface area contributed by atoms with E-state index in [4.69, 9.17) is 14.2 Å². The summed E-state index contributed by atoms with van der Waals surface area (Å²) in [7, 11) is 1.69. The van der Waals surface area contributed by atoms with E-state index in [1.54, 1.807) is 7.11 Å². The van der Waals surface area contributed by atoms with Crippen LogP contribution in [0.1, 0.15) is 79.1 Å². The van der Waals surface area contributed by atoms with Gasteiger partial charge in [-0.2, -0.15) is 0 Å². The molecule has 0 aliphatic rings. The third-order valence-corrected chi connectivity index (χ3v) is 5.18. The largest absolute Gasteiger partial charge is 0.493 e. The van der Waals surface area contributed by atoms with E-state index in [1.165, 1.54) is 38.5 Å². The van der Waals surface area contributed by atoms with Crippen LogP contribution in [0.3, 0.4) is 0 Å². The summed E-state index contributed by atoms with van der Waals surface area (Å²) < 4.78 is 17.6. The molecule has 1 aromatic carbocycles. The molecule has 0 spiro atoms. The van der Waals surface area contributed by atoms with Crippen LogP contribution in [0.5, 0.6) is 17.2 Å². The smallest absolute Gasteiger partial charge is 0.164 e. The first-order valence-corrected chi connectivity index (χ1v) is 10.6. The van der Waals surface area contributed by atoms with Crippen molar-refractivity contribution in [1.82, 2.24) is 0 Å². The molecule has 1 aromatic rings. The minimum atomic E-state index is 0.611. The Kier molecular flexibility index (Phi) is 12.0. The summed E-state index contributed by atoms with van der Waals surface area (Å²) in [6.07, 6.45) is 9.80. The number of unbranched alkanes of at least 4 members (excludes halogenated alkanes) is 2. The number of methoxy groups -OCH3 is 1. The zero-order chi connectivity index (χ0) is 19.2. The SMILES string of the molecule is CCCCC(CC)COc1ccc(OCC(CC)CCCC)c(OC)c1. The van der Waals surface area contributed by atoms with Crippen LogP contribution in [0.25, 0.3) is 0 Å². The molecule has 2 atom stereocenters. The van der Waals surface area contributed by atoms with Gasteiger partial charge >= 0.3 is 0 Å². The fourth-order valence-corrected chi connectivity index (χ4v) is 3.07. The lowest BCUT2D eigenvalue weighted by molar-refractivity contribution is 0.219. The molecule has 1 rings (SSSR count). The van der Waals surface area contributed by atoms with Crippen LogP contribution in [0.15, 0.2) is 18.2 Å². The Hall–Kier alpha value is -1.38. The van der Waals surface area contributed by atoms with Gasteiger partial charge in [-0.25, -0.2) is 0 Å². The van der Waals surface area contributed by atoms with Crippen LogP contribution in [-0.2, 0) is 0 Å². The van der Waals surface area contributed by atoms with Crippen LogP contribution >= 0.6 is 0 Å². The highest BCUT2D eigenvalue weighted by molar-refractivity contribution is 5.45. The van der Waals surface area contributed by atoms with Gasteiger partial charge in [0.2, 0.25) is 0 Å². The molecule has 26 heavy (non-hydrogen) atoms. The van der Waals surface area contributed by atoms with E-state index in [1.807, 2.05) is 18.2 Å². The summed E-state index contributed by atoms with van der Waals surface area (Å²) in [5, 5.41) is 0. The van der Waals surface area contributed by atoms with Crippen molar-refractivity contribution in [3.8, 4) is 17.2 Å². The molecule has 0 aliphatic carbocycles. The van der Waals surface area contributed by atoms with Crippen molar-refractivity contribution >= 4 is 0 Å². The van der Waals surface area contributed by atoms with Crippen molar-refractivity contribution in [2.75, 3.05) is 20.3 Å². The van der Waals surface area contributed by atoms with Gasteiger partial charge in [0, 0.05) is 6.07 Å². The van der Waals surface area contributed by atoms with E-state index >= 15 is 0 Å². The van der Waals surface area contributed by atoms with E-state index in [-0.39, 0.29) is 0 Å². The minimum absolute atomic E-state index is 0.611. The molecule has 150 valence electrons. The summed E-state index contributed by atoms with van der Waals surface area (Å²) >= 11 is 0. The zero-order valence-electron chi connectivity index (χ0n) is 17.7. The molecular weight excluding hydrogens is 324 g/mol. The van der Waals surface area contributed by atoms with E-state index in [0.717, 1.165) is 43.3 Å².